The summed E-state index contributed by atoms with van der Waals surface area (Å²) >= 11 is 12.0. The third-order valence-electron chi connectivity index (χ3n) is 4.24. The van der Waals surface area contributed by atoms with Crippen LogP contribution in [0, 0.1) is 11.3 Å². The number of nitriles is 1. The lowest BCUT2D eigenvalue weighted by Gasteiger charge is -2.12. The maximum atomic E-state index is 11.6. The van der Waals surface area contributed by atoms with Gasteiger partial charge in [-0.05, 0) is 24.3 Å². The highest BCUT2D eigenvalue weighted by Gasteiger charge is 2.15. The number of hydrogen-bond donors (Lipinski definition) is 2. The molecule has 12 heteroatoms. The molecule has 0 spiro atoms. The van der Waals surface area contributed by atoms with Gasteiger partial charge < -0.3 is 5.32 Å². The minimum absolute atomic E-state index is 0.00390. The molecule has 0 unspecified atom stereocenters. The van der Waals surface area contributed by atoms with Crippen LogP contribution >= 0.6 is 23.2 Å². The summed E-state index contributed by atoms with van der Waals surface area (Å²) in [5, 5.41) is 13.2. The molecule has 32 heavy (non-hydrogen) atoms. The molecule has 2 N–H and O–H groups in total. The Balaban J connectivity index is 1.85. The quantitative estimate of drug-likeness (QED) is 0.397. The molecule has 0 amide bonds. The van der Waals surface area contributed by atoms with E-state index in [1.165, 1.54) is 24.7 Å². The number of aromatic nitrogens is 4. The van der Waals surface area contributed by atoms with Gasteiger partial charge in [0.25, 0.3) is 0 Å². The van der Waals surface area contributed by atoms with Crippen molar-refractivity contribution in [1.82, 2.24) is 19.9 Å². The Labute approximate surface area is 193 Å². The van der Waals surface area contributed by atoms with Crippen molar-refractivity contribution in [3.8, 4) is 17.3 Å². The van der Waals surface area contributed by atoms with E-state index in [9.17, 15) is 13.7 Å². The maximum absolute atomic E-state index is 11.6. The molecule has 0 saturated carbocycles. The third kappa shape index (κ3) is 4.70. The van der Waals surface area contributed by atoms with Crippen LogP contribution in [0.1, 0.15) is 5.56 Å². The van der Waals surface area contributed by atoms with E-state index in [4.69, 9.17) is 23.2 Å². The number of anilines is 3. The summed E-state index contributed by atoms with van der Waals surface area (Å²) in [6.45, 7) is 0. The van der Waals surface area contributed by atoms with E-state index in [1.807, 2.05) is 0 Å². The molecule has 0 aliphatic carbocycles. The normalized spacial score (nSPS) is 11.2. The first-order valence-corrected chi connectivity index (χ1v) is 11.6. The molecule has 4 aromatic rings. The molecule has 0 saturated heterocycles. The predicted molar refractivity (Wildman–Crippen MR) is 123 cm³/mol. The van der Waals surface area contributed by atoms with Gasteiger partial charge in [0.15, 0.2) is 5.15 Å². The number of fused-ring (bicyclic) bond motifs is 1. The van der Waals surface area contributed by atoms with Gasteiger partial charge in [0.2, 0.25) is 10.0 Å². The molecule has 0 bridgehead atoms. The molecule has 0 atom stereocenters. The molecule has 0 aliphatic heterocycles. The highest BCUT2D eigenvalue weighted by Crippen LogP contribution is 2.31. The summed E-state index contributed by atoms with van der Waals surface area (Å²) in [7, 11) is -3.55. The van der Waals surface area contributed by atoms with Crippen molar-refractivity contribution in [2.24, 2.45) is 0 Å². The zero-order valence-corrected chi connectivity index (χ0v) is 18.7. The Morgan fingerprint density at radius 2 is 1.88 bits per heavy atom. The zero-order valence-electron chi connectivity index (χ0n) is 16.3. The largest absolute Gasteiger partial charge is 0.351 e. The molecule has 0 aromatic carbocycles. The first-order chi connectivity index (χ1) is 15.2. The average molecular weight is 486 g/mol. The number of hydrogen-bond acceptors (Lipinski definition) is 8. The topological polar surface area (TPSA) is 134 Å². The molecule has 160 valence electrons. The molecule has 0 aliphatic rings. The van der Waals surface area contributed by atoms with E-state index < -0.39 is 10.0 Å². The summed E-state index contributed by atoms with van der Waals surface area (Å²) in [4.78, 5) is 17.0. The summed E-state index contributed by atoms with van der Waals surface area (Å²) in [5.74, 6) is 0. The van der Waals surface area contributed by atoms with Gasteiger partial charge in [-0.1, -0.05) is 23.2 Å². The third-order valence-corrected chi connectivity index (χ3v) is 5.34. The molecule has 4 rings (SSSR count). The Kier molecular flexibility index (Phi) is 5.80. The van der Waals surface area contributed by atoms with Crippen LogP contribution < -0.4 is 10.0 Å². The average Bonchev–Trinajstić information content (AvgIpc) is 2.74. The smallest absolute Gasteiger partial charge is 0.229 e. The number of sulfonamides is 1. The molecule has 4 aromatic heterocycles. The van der Waals surface area contributed by atoms with Crippen molar-refractivity contribution in [2.45, 2.75) is 0 Å². The monoisotopic (exact) mass is 485 g/mol. The predicted octanol–water partition coefficient (Wildman–Crippen LogP) is 4.38. The Hall–Kier alpha value is -3.52. The van der Waals surface area contributed by atoms with Crippen LogP contribution in [-0.4, -0.2) is 34.6 Å². The Bertz CT molecular complexity index is 1500. The number of halogens is 2. The Morgan fingerprint density at radius 3 is 2.59 bits per heavy atom. The molecule has 9 nitrogen and oxygen atoms in total. The number of nitrogens with zero attached hydrogens (tertiary/aromatic N) is 5. The minimum Gasteiger partial charge on any atom is -0.351 e. The standard InChI is InChI=1S/C20H13Cl2N7O2S/c1-32(30,31)29-17-4-11(7-26-20(17)22)15-2-3-16-19(28-15)18(12(6-23)8-25-16)27-14-5-13(21)9-24-10-14/h2-5,7-10,29H,1H3,(H,25,27). The zero-order chi connectivity index (χ0) is 22.9. The van der Waals surface area contributed by atoms with E-state index in [-0.39, 0.29) is 16.4 Å². The molecule has 0 radical (unpaired) electrons. The first kappa shape index (κ1) is 21.7. The van der Waals surface area contributed by atoms with E-state index in [0.29, 0.717) is 38.7 Å². The lowest BCUT2D eigenvalue weighted by atomic mass is 10.1. The highest BCUT2D eigenvalue weighted by molar-refractivity contribution is 7.92. The Morgan fingerprint density at radius 1 is 1.06 bits per heavy atom. The van der Waals surface area contributed by atoms with Gasteiger partial charge in [0.1, 0.15) is 11.6 Å². The number of rotatable bonds is 5. The van der Waals surface area contributed by atoms with Crippen molar-refractivity contribution in [2.75, 3.05) is 16.3 Å². The van der Waals surface area contributed by atoms with Gasteiger partial charge in [0, 0.05) is 24.2 Å². The van der Waals surface area contributed by atoms with Crippen LogP contribution in [-0.2, 0) is 10.0 Å². The number of nitrogens with one attached hydrogen (secondary N) is 2. The molecular formula is C20H13Cl2N7O2S. The van der Waals surface area contributed by atoms with Crippen LogP contribution in [0.3, 0.4) is 0 Å². The van der Waals surface area contributed by atoms with E-state index in [1.54, 1.807) is 24.4 Å². The van der Waals surface area contributed by atoms with Gasteiger partial charge in [-0.15, -0.1) is 0 Å². The summed E-state index contributed by atoms with van der Waals surface area (Å²) in [6.07, 6.45) is 6.99. The fraction of sp³-hybridized carbons (Fsp3) is 0.0500. The van der Waals surface area contributed by atoms with Crippen molar-refractivity contribution < 1.29 is 8.42 Å². The van der Waals surface area contributed by atoms with Gasteiger partial charge >= 0.3 is 0 Å². The lowest BCUT2D eigenvalue weighted by molar-refractivity contribution is 0.607. The van der Waals surface area contributed by atoms with E-state index >= 15 is 0 Å². The fourth-order valence-electron chi connectivity index (χ4n) is 2.92. The van der Waals surface area contributed by atoms with Crippen LogP contribution in [0.25, 0.3) is 22.3 Å². The summed E-state index contributed by atoms with van der Waals surface area (Å²) in [5.41, 5.74) is 3.36. The van der Waals surface area contributed by atoms with Crippen LogP contribution in [0.15, 0.2) is 49.1 Å². The van der Waals surface area contributed by atoms with Crippen molar-refractivity contribution in [3.05, 3.63) is 64.8 Å². The molecule has 4 heterocycles. The second-order valence-electron chi connectivity index (χ2n) is 6.68. The maximum Gasteiger partial charge on any atom is 0.229 e. The van der Waals surface area contributed by atoms with Gasteiger partial charge in [-0.3, -0.25) is 14.7 Å². The van der Waals surface area contributed by atoms with Gasteiger partial charge in [-0.2, -0.15) is 5.26 Å². The van der Waals surface area contributed by atoms with Crippen molar-refractivity contribution in [3.63, 3.8) is 0 Å². The molecule has 0 fully saturated rings. The highest BCUT2D eigenvalue weighted by atomic mass is 35.5. The molecular weight excluding hydrogens is 473 g/mol. The summed E-state index contributed by atoms with van der Waals surface area (Å²) in [6, 6.07) is 8.74. The summed E-state index contributed by atoms with van der Waals surface area (Å²) < 4.78 is 25.6. The lowest BCUT2D eigenvalue weighted by Crippen LogP contribution is -2.10. The van der Waals surface area contributed by atoms with Crippen molar-refractivity contribution >= 4 is 61.3 Å². The van der Waals surface area contributed by atoms with Crippen LogP contribution in [0.4, 0.5) is 17.1 Å². The first-order valence-electron chi connectivity index (χ1n) is 8.94. The second-order valence-corrected chi connectivity index (χ2v) is 9.22. The van der Waals surface area contributed by atoms with E-state index in [2.05, 4.69) is 36.0 Å². The minimum atomic E-state index is -3.55. The van der Waals surface area contributed by atoms with E-state index in [0.717, 1.165) is 6.26 Å². The second kappa shape index (κ2) is 8.55. The fourth-order valence-corrected chi connectivity index (χ4v) is 3.86. The SMILES string of the molecule is CS(=O)(=O)Nc1cc(-c2ccc3ncc(C#N)c(Nc4cncc(Cl)c4)c3n2)cnc1Cl. The number of pyridine rings is 4. The van der Waals surface area contributed by atoms with Gasteiger partial charge in [0.05, 0.1) is 51.3 Å². The van der Waals surface area contributed by atoms with Crippen molar-refractivity contribution in [1.29, 1.82) is 5.26 Å². The van der Waals surface area contributed by atoms with Crippen LogP contribution in [0.2, 0.25) is 10.2 Å². The van der Waals surface area contributed by atoms with Crippen LogP contribution in [0.5, 0.6) is 0 Å². The van der Waals surface area contributed by atoms with Gasteiger partial charge in [-0.25, -0.2) is 18.4 Å².